The van der Waals surface area contributed by atoms with E-state index in [1.165, 1.54) is 16.2 Å². The number of aryl methyl sites for hydroxylation is 2. The van der Waals surface area contributed by atoms with Crippen molar-refractivity contribution in [2.24, 2.45) is 7.05 Å². The van der Waals surface area contributed by atoms with Crippen molar-refractivity contribution < 1.29 is 22.4 Å². The fourth-order valence-electron chi connectivity index (χ4n) is 2.05. The molecule has 0 atom stereocenters. The number of imidazole rings is 1. The number of alkyl halides is 3. The molecule has 0 bridgehead atoms. The minimum absolute atomic E-state index is 0. The Kier molecular flexibility index (Phi) is 3.45. The second-order valence-corrected chi connectivity index (χ2v) is 3.61. The van der Waals surface area contributed by atoms with Gasteiger partial charge in [0.25, 0.3) is 0 Å². The first-order valence-electron chi connectivity index (χ1n) is 5.01. The molecule has 0 aliphatic carbocycles. The number of para-hydroxylation sites is 2. The Hall–Kier alpha value is -1.59. The zero-order valence-electron chi connectivity index (χ0n) is 9.42. The van der Waals surface area contributed by atoms with E-state index in [0.717, 1.165) is 0 Å². The third-order valence-electron chi connectivity index (χ3n) is 2.68. The molecule has 94 valence electrons. The lowest BCUT2D eigenvalue weighted by atomic mass is 10.3. The van der Waals surface area contributed by atoms with Gasteiger partial charge in [0.05, 0.1) is 13.6 Å². The van der Waals surface area contributed by atoms with Gasteiger partial charge in [-0.15, -0.1) is 0 Å². The minimum atomic E-state index is -4.33. The predicted octanol–water partition coefficient (Wildman–Crippen LogP) is -0.491. The number of halogens is 4. The third-order valence-corrected chi connectivity index (χ3v) is 2.68. The van der Waals surface area contributed by atoms with Gasteiger partial charge in [0, 0.05) is 0 Å². The van der Waals surface area contributed by atoms with Crippen molar-refractivity contribution in [2.75, 3.05) is 0 Å². The van der Waals surface area contributed by atoms with E-state index in [1.807, 2.05) is 0 Å². The first-order valence-corrected chi connectivity index (χ1v) is 5.01. The number of aromatic nitrogens is 2. The largest absolute Gasteiger partial charge is 1.00 e. The van der Waals surface area contributed by atoms with Gasteiger partial charge in [-0.05, 0) is 19.1 Å². The first kappa shape index (κ1) is 13.5. The Bertz CT molecular complexity index is 528. The molecule has 0 spiro atoms. The van der Waals surface area contributed by atoms with E-state index in [-0.39, 0.29) is 4.70 Å². The van der Waals surface area contributed by atoms with Gasteiger partial charge in [0.15, 0.2) is 11.0 Å². The van der Waals surface area contributed by atoms with Gasteiger partial charge >= 0.3 is 12.0 Å². The van der Waals surface area contributed by atoms with Gasteiger partial charge in [0.1, 0.15) is 0 Å². The van der Waals surface area contributed by atoms with Gasteiger partial charge in [-0.3, -0.25) is 0 Å². The molecule has 0 saturated carbocycles. The van der Waals surface area contributed by atoms with Gasteiger partial charge in [0.2, 0.25) is 0 Å². The molecule has 0 fully saturated rings. The number of nitrogens with zero attached hydrogens (tertiary/aromatic N) is 2. The highest BCUT2D eigenvalue weighted by Gasteiger charge is 2.45. The van der Waals surface area contributed by atoms with Crippen molar-refractivity contribution in [2.45, 2.75) is 19.6 Å². The van der Waals surface area contributed by atoms with Crippen molar-refractivity contribution in [1.29, 1.82) is 0 Å². The van der Waals surface area contributed by atoms with Crippen LogP contribution in [0.4, 0.5) is 13.2 Å². The highest BCUT2D eigenvalue weighted by molar-refractivity contribution is 5.72. The average Bonchev–Trinajstić information content (AvgIpc) is 2.51. The molecule has 17 heavy (non-hydrogen) atoms. The zero-order valence-corrected chi connectivity index (χ0v) is 9.42. The topological polar surface area (TPSA) is 8.81 Å². The molecule has 2 aromatic rings. The summed E-state index contributed by atoms with van der Waals surface area (Å²) in [6.45, 7) is 2.01. The van der Waals surface area contributed by atoms with Crippen molar-refractivity contribution >= 4 is 11.0 Å². The van der Waals surface area contributed by atoms with Crippen molar-refractivity contribution in [3.05, 3.63) is 30.1 Å². The normalized spacial score (nSPS) is 11.6. The molecule has 2 rings (SSSR count). The second-order valence-electron chi connectivity index (χ2n) is 3.61. The molecular formula is C11H12F4N2. The van der Waals surface area contributed by atoms with Crippen LogP contribution in [0.3, 0.4) is 0 Å². The summed E-state index contributed by atoms with van der Waals surface area (Å²) in [5.74, 6) is -0.615. The Balaban J connectivity index is 0.00000144. The number of hydrogen-bond donors (Lipinski definition) is 0. The maximum atomic E-state index is 12.9. The third kappa shape index (κ3) is 1.99. The van der Waals surface area contributed by atoms with Crippen LogP contribution >= 0.6 is 0 Å². The molecular weight excluding hydrogens is 236 g/mol. The molecule has 0 aliphatic rings. The second kappa shape index (κ2) is 4.35. The lowest BCUT2D eigenvalue weighted by molar-refractivity contribution is -0.667. The average molecular weight is 248 g/mol. The molecule has 2 nitrogen and oxygen atoms in total. The van der Waals surface area contributed by atoms with Crippen molar-refractivity contribution in [3.8, 4) is 0 Å². The van der Waals surface area contributed by atoms with E-state index in [9.17, 15) is 13.2 Å². The van der Waals surface area contributed by atoms with Crippen molar-refractivity contribution in [1.82, 2.24) is 4.57 Å². The molecule has 0 amide bonds. The smallest absolute Gasteiger partial charge is 0.495 e. The van der Waals surface area contributed by atoms with Crippen molar-refractivity contribution in [3.63, 3.8) is 0 Å². The van der Waals surface area contributed by atoms with Crippen LogP contribution in [0.2, 0.25) is 0 Å². The molecule has 1 aromatic carbocycles. The lowest BCUT2D eigenvalue weighted by Crippen LogP contribution is -3.00. The maximum Gasteiger partial charge on any atom is 0.495 e. The zero-order chi connectivity index (χ0) is 11.9. The van der Waals surface area contributed by atoms with Crippen LogP contribution < -0.4 is 9.27 Å². The van der Waals surface area contributed by atoms with Crippen LogP contribution in [0.1, 0.15) is 12.7 Å². The van der Waals surface area contributed by atoms with E-state index >= 15 is 0 Å². The summed E-state index contributed by atoms with van der Waals surface area (Å²) in [6.07, 6.45) is -4.33. The Morgan fingerprint density at radius 1 is 1.24 bits per heavy atom. The molecule has 0 N–H and O–H groups in total. The highest BCUT2D eigenvalue weighted by atomic mass is 19.4. The van der Waals surface area contributed by atoms with E-state index in [4.69, 9.17) is 0 Å². The number of hydrogen-bond acceptors (Lipinski definition) is 0. The molecule has 1 heterocycles. The number of rotatable bonds is 1. The Morgan fingerprint density at radius 3 is 2.35 bits per heavy atom. The van der Waals surface area contributed by atoms with Gasteiger partial charge < -0.3 is 4.70 Å². The lowest BCUT2D eigenvalue weighted by Gasteiger charge is -2.03. The molecule has 0 unspecified atom stereocenters. The maximum absolute atomic E-state index is 12.9. The molecule has 6 heteroatoms. The standard InChI is InChI=1S/C11H12F3N2.FH/c1-3-16-9-7-5-4-6-8(9)15(2)10(16)11(12,13)14;/h4-7H,3H2,1-2H3;1H/q+1;/p-1. The summed E-state index contributed by atoms with van der Waals surface area (Å²) < 4.78 is 41.2. The highest BCUT2D eigenvalue weighted by Crippen LogP contribution is 2.29. The van der Waals surface area contributed by atoms with E-state index in [0.29, 0.717) is 17.6 Å². The van der Waals surface area contributed by atoms with E-state index in [2.05, 4.69) is 0 Å². The summed E-state index contributed by atoms with van der Waals surface area (Å²) in [5, 5.41) is 0. The first-order chi connectivity index (χ1) is 7.46. The predicted molar refractivity (Wildman–Crippen MR) is 53.8 cm³/mol. The van der Waals surface area contributed by atoms with E-state index < -0.39 is 12.0 Å². The Morgan fingerprint density at radius 2 is 1.82 bits per heavy atom. The van der Waals surface area contributed by atoms with Gasteiger partial charge in [-0.25, -0.2) is 9.13 Å². The quantitative estimate of drug-likeness (QED) is 0.475. The van der Waals surface area contributed by atoms with E-state index in [1.54, 1.807) is 31.2 Å². The number of benzene rings is 1. The van der Waals surface area contributed by atoms with Crippen LogP contribution in [0.15, 0.2) is 24.3 Å². The fraction of sp³-hybridized carbons (Fsp3) is 0.364. The molecule has 0 aliphatic heterocycles. The van der Waals surface area contributed by atoms with Crippen LogP contribution in [0.5, 0.6) is 0 Å². The SMILES string of the molecule is CCn1c(C(F)(F)F)[n+](C)c2ccccc21.[F-]. The number of fused-ring (bicyclic) bond motifs is 1. The minimum Gasteiger partial charge on any atom is -1.00 e. The fourth-order valence-corrected chi connectivity index (χ4v) is 2.05. The molecule has 0 saturated heterocycles. The summed E-state index contributed by atoms with van der Waals surface area (Å²) >= 11 is 0. The van der Waals surface area contributed by atoms with Crippen LogP contribution in [-0.4, -0.2) is 4.57 Å². The van der Waals surface area contributed by atoms with Gasteiger partial charge in [-0.1, -0.05) is 12.1 Å². The summed E-state index contributed by atoms with van der Waals surface area (Å²) in [4.78, 5) is 0. The monoisotopic (exact) mass is 248 g/mol. The van der Waals surface area contributed by atoms with Crippen LogP contribution in [-0.2, 0) is 19.8 Å². The molecule has 0 radical (unpaired) electrons. The summed E-state index contributed by atoms with van der Waals surface area (Å²) in [6, 6.07) is 6.88. The van der Waals surface area contributed by atoms with Gasteiger partial charge in [-0.2, -0.15) is 13.2 Å². The Labute approximate surface area is 95.6 Å². The molecule has 1 aromatic heterocycles. The van der Waals surface area contributed by atoms with Crippen LogP contribution in [0.25, 0.3) is 11.0 Å². The van der Waals surface area contributed by atoms with Crippen LogP contribution in [0, 0.1) is 0 Å². The summed E-state index contributed by atoms with van der Waals surface area (Å²) in [7, 11) is 1.44. The summed E-state index contributed by atoms with van der Waals surface area (Å²) in [5.41, 5.74) is 1.21.